The Bertz CT molecular complexity index is 1070. The highest BCUT2D eigenvalue weighted by Gasteiger charge is 2.46. The molecule has 2 aromatic rings. The molecule has 0 spiro atoms. The minimum absolute atomic E-state index is 0.218. The van der Waals surface area contributed by atoms with E-state index < -0.39 is 65.1 Å². The number of nitrogens with one attached hydrogen (secondary N) is 2. The number of aliphatic hydroxyl groups is 1. The number of aryl methyl sites for hydroxylation is 1. The van der Waals surface area contributed by atoms with E-state index in [2.05, 4.69) is 10.0 Å². The van der Waals surface area contributed by atoms with Crippen molar-refractivity contribution in [2.75, 3.05) is 11.9 Å². The molecule has 1 aliphatic rings. The Morgan fingerprint density at radius 3 is 2.56 bits per heavy atom. The lowest BCUT2D eigenvalue weighted by atomic mass is 10.1. The molecule has 0 saturated heterocycles. The van der Waals surface area contributed by atoms with Gasteiger partial charge in [0, 0.05) is 18.9 Å². The van der Waals surface area contributed by atoms with Crippen molar-refractivity contribution in [3.63, 3.8) is 0 Å². The van der Waals surface area contributed by atoms with Gasteiger partial charge in [-0.05, 0) is 18.2 Å². The highest BCUT2D eigenvalue weighted by molar-refractivity contribution is 7.83. The van der Waals surface area contributed by atoms with Crippen molar-refractivity contribution >= 4 is 22.6 Å². The van der Waals surface area contributed by atoms with E-state index in [1.54, 1.807) is 0 Å². The van der Waals surface area contributed by atoms with E-state index in [1.807, 2.05) is 0 Å². The highest BCUT2D eigenvalue weighted by atomic mass is 32.2. The number of hydrogen-bond donors (Lipinski definition) is 3. The van der Waals surface area contributed by atoms with Gasteiger partial charge >= 0.3 is 12.4 Å². The van der Waals surface area contributed by atoms with Gasteiger partial charge in [0.05, 0.1) is 11.6 Å². The number of aromatic nitrogens is 1. The normalized spacial score (nSPS) is 20.2. The second-order valence-electron chi connectivity index (χ2n) is 6.72. The molecule has 0 aliphatic carbocycles. The molecule has 0 saturated carbocycles. The summed E-state index contributed by atoms with van der Waals surface area (Å²) < 4.78 is 111. The molecule has 3 atom stereocenters. The van der Waals surface area contributed by atoms with Gasteiger partial charge in [0.1, 0.15) is 28.3 Å². The van der Waals surface area contributed by atoms with Crippen molar-refractivity contribution in [1.82, 2.24) is 9.29 Å². The number of carbonyl (C=O) groups excluding carboxylic acids is 1. The van der Waals surface area contributed by atoms with Crippen molar-refractivity contribution in [2.45, 2.75) is 29.4 Å². The fourth-order valence-electron chi connectivity index (χ4n) is 2.91. The maximum atomic E-state index is 13.4. The van der Waals surface area contributed by atoms with E-state index in [0.717, 1.165) is 16.8 Å². The Kier molecular flexibility index (Phi) is 6.27. The van der Waals surface area contributed by atoms with E-state index in [9.17, 15) is 44.8 Å². The van der Waals surface area contributed by atoms with Crippen LogP contribution < -0.4 is 14.8 Å². The standard InChI is InChI=1S/C17H14F7N3O4S/c1-27-5-11-13(31-6-10(26-32(11)30)14(28)17(22,23)24)12(27)15(29)25-7-2-3-9(18)8(4-7)16(19,20)21/h2-5,10,14,26,28H,6H2,1H3,(H,25,29). The van der Waals surface area contributed by atoms with Crippen LogP contribution in [0.2, 0.25) is 0 Å². The van der Waals surface area contributed by atoms with E-state index in [0.29, 0.717) is 12.1 Å². The van der Waals surface area contributed by atoms with Crippen LogP contribution in [0.1, 0.15) is 16.1 Å². The first-order valence-corrected chi connectivity index (χ1v) is 9.78. The van der Waals surface area contributed by atoms with Gasteiger partial charge in [-0.15, -0.1) is 0 Å². The van der Waals surface area contributed by atoms with E-state index in [1.165, 1.54) is 7.05 Å². The molecule has 15 heteroatoms. The van der Waals surface area contributed by atoms with Crippen LogP contribution >= 0.6 is 0 Å². The molecule has 3 unspecified atom stereocenters. The van der Waals surface area contributed by atoms with E-state index >= 15 is 0 Å². The van der Waals surface area contributed by atoms with E-state index in [-0.39, 0.29) is 16.3 Å². The van der Waals surface area contributed by atoms with Crippen LogP contribution in [0, 0.1) is 5.82 Å². The number of aliphatic hydroxyl groups excluding tert-OH is 1. The summed E-state index contributed by atoms with van der Waals surface area (Å²) in [6.45, 7) is -0.821. The van der Waals surface area contributed by atoms with Gasteiger partial charge in [0.2, 0.25) is 0 Å². The first kappa shape index (κ1) is 24.0. The van der Waals surface area contributed by atoms with Gasteiger partial charge in [-0.3, -0.25) is 4.79 Å². The fourth-order valence-corrected chi connectivity index (χ4v) is 4.09. The topological polar surface area (TPSA) is 92.6 Å². The van der Waals surface area contributed by atoms with Crippen molar-refractivity contribution in [1.29, 1.82) is 0 Å². The van der Waals surface area contributed by atoms with Gasteiger partial charge in [0.15, 0.2) is 17.5 Å². The third-order valence-corrected chi connectivity index (χ3v) is 5.64. The van der Waals surface area contributed by atoms with Crippen molar-refractivity contribution in [2.24, 2.45) is 7.05 Å². The SMILES string of the molecule is Cn1cc2c(c1C(=O)Nc1ccc(F)c(C(F)(F)F)c1)OCC(C(O)C(F)(F)F)NS2=O. The molecule has 0 bridgehead atoms. The minimum Gasteiger partial charge on any atom is -0.488 e. The van der Waals surface area contributed by atoms with Crippen LogP contribution in [-0.4, -0.2) is 44.7 Å². The summed E-state index contributed by atoms with van der Waals surface area (Å²) in [5.74, 6) is -2.99. The summed E-state index contributed by atoms with van der Waals surface area (Å²) in [4.78, 5) is 12.5. The van der Waals surface area contributed by atoms with Crippen LogP contribution in [0.15, 0.2) is 29.3 Å². The van der Waals surface area contributed by atoms with Gasteiger partial charge < -0.3 is 19.7 Å². The molecule has 32 heavy (non-hydrogen) atoms. The lowest BCUT2D eigenvalue weighted by molar-refractivity contribution is -0.212. The number of carbonyl (C=O) groups is 1. The molecule has 0 fully saturated rings. The fraction of sp³-hybridized carbons (Fsp3) is 0.353. The Morgan fingerprint density at radius 2 is 1.97 bits per heavy atom. The number of rotatable bonds is 3. The molecule has 1 aromatic heterocycles. The van der Waals surface area contributed by atoms with Crippen LogP contribution in [0.3, 0.4) is 0 Å². The quantitative estimate of drug-likeness (QED) is 0.579. The second-order valence-corrected chi connectivity index (χ2v) is 7.93. The van der Waals surface area contributed by atoms with Crippen LogP contribution in [0.5, 0.6) is 5.75 Å². The van der Waals surface area contributed by atoms with Gasteiger partial charge in [0.25, 0.3) is 5.91 Å². The molecule has 1 amide bonds. The molecule has 3 rings (SSSR count). The lowest BCUT2D eigenvalue weighted by Gasteiger charge is -2.23. The smallest absolute Gasteiger partial charge is 0.419 e. The Balaban J connectivity index is 1.89. The molecule has 7 nitrogen and oxygen atoms in total. The zero-order valence-electron chi connectivity index (χ0n) is 15.8. The third-order valence-electron chi connectivity index (χ3n) is 4.43. The van der Waals surface area contributed by atoms with Crippen molar-refractivity contribution in [3.05, 3.63) is 41.5 Å². The van der Waals surface area contributed by atoms with Gasteiger partial charge in [-0.1, -0.05) is 0 Å². The molecule has 1 aromatic carbocycles. The molecule has 0 radical (unpaired) electrons. The molecule has 176 valence electrons. The number of benzene rings is 1. The summed E-state index contributed by atoms with van der Waals surface area (Å²) in [6, 6.07) is -0.0792. The minimum atomic E-state index is -5.04. The largest absolute Gasteiger partial charge is 0.488 e. The lowest BCUT2D eigenvalue weighted by Crippen LogP contribution is -2.50. The summed E-state index contributed by atoms with van der Waals surface area (Å²) in [5.41, 5.74) is -2.40. The number of anilines is 1. The Morgan fingerprint density at radius 1 is 1.31 bits per heavy atom. The van der Waals surface area contributed by atoms with Gasteiger partial charge in [-0.2, -0.15) is 26.3 Å². The monoisotopic (exact) mass is 489 g/mol. The number of alkyl halides is 6. The first-order valence-electron chi connectivity index (χ1n) is 8.63. The first-order chi connectivity index (χ1) is 14.7. The summed E-state index contributed by atoms with van der Waals surface area (Å²) in [7, 11) is -1.02. The molecular weight excluding hydrogens is 475 g/mol. The predicted octanol–water partition coefficient (Wildman–Crippen LogP) is 2.73. The third kappa shape index (κ3) is 4.73. The maximum Gasteiger partial charge on any atom is 0.419 e. The average Bonchev–Trinajstić information content (AvgIpc) is 2.92. The zero-order chi connectivity index (χ0) is 24.0. The molecule has 1 aliphatic heterocycles. The van der Waals surface area contributed by atoms with Crippen LogP contribution in [0.4, 0.5) is 36.4 Å². The Labute approximate surface area is 177 Å². The molecular formula is C17H14F7N3O4S. The maximum absolute atomic E-state index is 13.4. The van der Waals surface area contributed by atoms with E-state index in [4.69, 9.17) is 4.74 Å². The number of amides is 1. The van der Waals surface area contributed by atoms with Crippen molar-refractivity contribution in [3.8, 4) is 5.75 Å². The molecule has 3 N–H and O–H groups in total. The number of halogens is 7. The summed E-state index contributed by atoms with van der Waals surface area (Å²) >= 11 is 0. The van der Waals surface area contributed by atoms with Crippen LogP contribution in [0.25, 0.3) is 0 Å². The van der Waals surface area contributed by atoms with Crippen LogP contribution in [-0.2, 0) is 24.2 Å². The number of hydrogen-bond acceptors (Lipinski definition) is 4. The number of ether oxygens (including phenoxy) is 1. The molecule has 2 heterocycles. The highest BCUT2D eigenvalue weighted by Crippen LogP contribution is 2.35. The predicted molar refractivity (Wildman–Crippen MR) is 95.7 cm³/mol. The number of fused-ring (bicyclic) bond motifs is 1. The summed E-state index contributed by atoms with van der Waals surface area (Å²) in [6.07, 6.45) is -11.9. The zero-order valence-corrected chi connectivity index (χ0v) is 16.7. The summed E-state index contributed by atoms with van der Waals surface area (Å²) in [5, 5.41) is 11.5. The Hall–Kier alpha value is -2.65. The van der Waals surface area contributed by atoms with Gasteiger partial charge in [-0.25, -0.2) is 13.3 Å². The second kappa shape index (κ2) is 8.37. The number of nitrogens with zero attached hydrogens (tertiary/aromatic N) is 1. The average molecular weight is 489 g/mol. The van der Waals surface area contributed by atoms with Crippen molar-refractivity contribution < 1.29 is 49.6 Å².